The number of aryl methyl sites for hydroxylation is 1. The number of benzene rings is 1. The highest BCUT2D eigenvalue weighted by molar-refractivity contribution is 14.1. The molecule has 0 spiro atoms. The summed E-state index contributed by atoms with van der Waals surface area (Å²) in [6.07, 6.45) is 0. The van der Waals surface area contributed by atoms with Crippen molar-refractivity contribution in [1.82, 2.24) is 10.2 Å². The van der Waals surface area contributed by atoms with Gasteiger partial charge in [0.05, 0.1) is 5.69 Å². The number of halogens is 1. The smallest absolute Gasteiger partial charge is 0.257 e. The molecule has 0 unspecified atom stereocenters. The van der Waals surface area contributed by atoms with Gasteiger partial charge in [0, 0.05) is 3.57 Å². The first-order chi connectivity index (χ1) is 8.61. The Morgan fingerprint density at radius 1 is 1.17 bits per heavy atom. The van der Waals surface area contributed by atoms with Crippen LogP contribution in [0.3, 0.4) is 0 Å². The van der Waals surface area contributed by atoms with Crippen molar-refractivity contribution >= 4 is 22.6 Å². The maximum Gasteiger partial charge on any atom is 0.257 e. The molecule has 2 rings (SSSR count). The minimum Gasteiger partial charge on any atom is -0.437 e. The lowest BCUT2D eigenvalue weighted by atomic mass is 10.1. The molecule has 2 aromatic rings. The Kier molecular flexibility index (Phi) is 3.77. The van der Waals surface area contributed by atoms with E-state index in [1.165, 1.54) is 0 Å². The van der Waals surface area contributed by atoms with E-state index in [1.54, 1.807) is 0 Å². The lowest BCUT2D eigenvalue weighted by Crippen LogP contribution is -2.00. The zero-order valence-corrected chi connectivity index (χ0v) is 12.1. The molecular weight excluding hydrogens is 341 g/mol. The molecule has 0 bridgehead atoms. The van der Waals surface area contributed by atoms with Crippen molar-refractivity contribution < 1.29 is 4.74 Å². The van der Waals surface area contributed by atoms with E-state index >= 15 is 0 Å². The van der Waals surface area contributed by atoms with Crippen LogP contribution in [0.15, 0.2) is 24.3 Å². The summed E-state index contributed by atoms with van der Waals surface area (Å²) in [5, 5.41) is 17.1. The van der Waals surface area contributed by atoms with E-state index < -0.39 is 0 Å². The predicted molar refractivity (Wildman–Crippen MR) is 75.5 cm³/mol. The van der Waals surface area contributed by atoms with Gasteiger partial charge in [0.15, 0.2) is 0 Å². The highest BCUT2D eigenvalue weighted by Gasteiger charge is 2.12. The maximum atomic E-state index is 9.15. The van der Waals surface area contributed by atoms with Gasteiger partial charge >= 0.3 is 0 Å². The van der Waals surface area contributed by atoms with Gasteiger partial charge in [-0.25, -0.2) is 0 Å². The molecule has 0 saturated heterocycles. The molecule has 0 N–H and O–H groups in total. The molecule has 0 aliphatic carbocycles. The van der Waals surface area contributed by atoms with Crippen molar-refractivity contribution in [2.75, 3.05) is 0 Å². The highest BCUT2D eigenvalue weighted by atomic mass is 127. The summed E-state index contributed by atoms with van der Waals surface area (Å²) < 4.78 is 6.71. The molecule has 4 nitrogen and oxygen atoms in total. The van der Waals surface area contributed by atoms with Crippen LogP contribution in [0.2, 0.25) is 0 Å². The van der Waals surface area contributed by atoms with Gasteiger partial charge in [0.25, 0.3) is 5.88 Å². The fraction of sp³-hybridized carbons (Fsp3) is 0.154. The summed E-state index contributed by atoms with van der Waals surface area (Å²) in [7, 11) is 0. The standard InChI is InChI=1S/C13H10IN3O/c1-8-9(2)16-17-13(12(8)7-15)18-11-5-3-10(14)4-6-11/h3-6H,1-2H3. The minimum absolute atomic E-state index is 0.252. The van der Waals surface area contributed by atoms with Crippen molar-refractivity contribution in [3.05, 3.63) is 44.7 Å². The Morgan fingerprint density at radius 3 is 2.44 bits per heavy atom. The van der Waals surface area contributed by atoms with Gasteiger partial charge in [0.2, 0.25) is 0 Å². The number of hydrogen-bond acceptors (Lipinski definition) is 4. The highest BCUT2D eigenvalue weighted by Crippen LogP contribution is 2.25. The molecule has 0 fully saturated rings. The molecule has 1 aromatic heterocycles. The maximum absolute atomic E-state index is 9.15. The zero-order valence-electron chi connectivity index (χ0n) is 9.94. The van der Waals surface area contributed by atoms with Crippen LogP contribution < -0.4 is 4.74 Å². The number of nitrogens with zero attached hydrogens (tertiary/aromatic N) is 3. The van der Waals surface area contributed by atoms with Gasteiger partial charge in [-0.3, -0.25) is 0 Å². The molecule has 18 heavy (non-hydrogen) atoms. The van der Waals surface area contributed by atoms with Gasteiger partial charge in [-0.15, -0.1) is 5.10 Å². The van der Waals surface area contributed by atoms with Crippen molar-refractivity contribution in [3.63, 3.8) is 0 Å². The molecule has 90 valence electrons. The quantitative estimate of drug-likeness (QED) is 0.779. The first-order valence-electron chi connectivity index (χ1n) is 5.29. The van der Waals surface area contributed by atoms with Crippen molar-refractivity contribution in [1.29, 1.82) is 5.26 Å². The van der Waals surface area contributed by atoms with Crippen molar-refractivity contribution in [3.8, 4) is 17.7 Å². The molecule has 0 aliphatic rings. The average molecular weight is 351 g/mol. The summed E-state index contributed by atoms with van der Waals surface area (Å²) in [5.74, 6) is 0.895. The largest absolute Gasteiger partial charge is 0.437 e. The lowest BCUT2D eigenvalue weighted by Gasteiger charge is -2.08. The van der Waals surface area contributed by atoms with Crippen molar-refractivity contribution in [2.45, 2.75) is 13.8 Å². The van der Waals surface area contributed by atoms with Crippen LogP contribution in [-0.2, 0) is 0 Å². The Bertz CT molecular complexity index is 617. The Morgan fingerprint density at radius 2 is 1.83 bits per heavy atom. The van der Waals surface area contributed by atoms with Crippen molar-refractivity contribution in [2.24, 2.45) is 0 Å². The molecular formula is C13H10IN3O. The van der Waals surface area contributed by atoms with Crippen LogP contribution in [0.25, 0.3) is 0 Å². The van der Waals surface area contributed by atoms with E-state index in [4.69, 9.17) is 10.00 Å². The number of rotatable bonds is 2. The number of aromatic nitrogens is 2. The second-order valence-corrected chi connectivity index (χ2v) is 5.00. The van der Waals surface area contributed by atoms with Gasteiger partial charge in [0.1, 0.15) is 17.4 Å². The molecule has 5 heteroatoms. The van der Waals surface area contributed by atoms with Gasteiger partial charge in [-0.2, -0.15) is 10.4 Å². The van der Waals surface area contributed by atoms with E-state index in [0.717, 1.165) is 14.8 Å². The van der Waals surface area contributed by atoms with E-state index in [1.807, 2.05) is 38.1 Å². The Labute approximate surface area is 119 Å². The third kappa shape index (κ3) is 2.59. The van der Waals surface area contributed by atoms with Crippen LogP contribution in [-0.4, -0.2) is 10.2 Å². The second kappa shape index (κ2) is 5.31. The number of hydrogen-bond donors (Lipinski definition) is 0. The summed E-state index contributed by atoms with van der Waals surface area (Å²) >= 11 is 2.22. The molecule has 1 aromatic carbocycles. The molecule has 0 radical (unpaired) electrons. The Balaban J connectivity index is 2.38. The van der Waals surface area contributed by atoms with Gasteiger partial charge in [-0.1, -0.05) is 0 Å². The topological polar surface area (TPSA) is 58.8 Å². The summed E-state index contributed by atoms with van der Waals surface area (Å²) in [4.78, 5) is 0. The molecule has 1 heterocycles. The van der Waals surface area contributed by atoms with E-state index in [2.05, 4.69) is 38.9 Å². The summed E-state index contributed by atoms with van der Waals surface area (Å²) in [6.45, 7) is 3.65. The van der Waals surface area contributed by atoms with E-state index in [9.17, 15) is 0 Å². The van der Waals surface area contributed by atoms with E-state index in [0.29, 0.717) is 11.3 Å². The minimum atomic E-state index is 0.252. The van der Waals surface area contributed by atoms with Crippen LogP contribution in [0, 0.1) is 28.7 Å². The second-order valence-electron chi connectivity index (χ2n) is 3.76. The average Bonchev–Trinajstić information content (AvgIpc) is 2.37. The molecule has 0 atom stereocenters. The Hall–Kier alpha value is -1.68. The van der Waals surface area contributed by atoms with Gasteiger partial charge < -0.3 is 4.74 Å². The fourth-order valence-electron chi connectivity index (χ4n) is 1.40. The van der Waals surface area contributed by atoms with Crippen LogP contribution in [0.1, 0.15) is 16.8 Å². The van der Waals surface area contributed by atoms with Crippen LogP contribution in [0.5, 0.6) is 11.6 Å². The number of nitriles is 1. The number of ether oxygens (including phenoxy) is 1. The monoisotopic (exact) mass is 351 g/mol. The zero-order chi connectivity index (χ0) is 13.1. The summed E-state index contributed by atoms with van der Waals surface area (Å²) in [5.41, 5.74) is 1.97. The third-order valence-electron chi connectivity index (χ3n) is 2.56. The lowest BCUT2D eigenvalue weighted by molar-refractivity contribution is 0.451. The summed E-state index contributed by atoms with van der Waals surface area (Å²) in [6, 6.07) is 9.63. The fourth-order valence-corrected chi connectivity index (χ4v) is 1.76. The first kappa shape index (κ1) is 12.8. The van der Waals surface area contributed by atoms with Crippen LogP contribution >= 0.6 is 22.6 Å². The SMILES string of the molecule is Cc1nnc(Oc2ccc(I)cc2)c(C#N)c1C. The van der Waals surface area contributed by atoms with Crippen LogP contribution in [0.4, 0.5) is 0 Å². The molecule has 0 amide bonds. The normalized spacial score (nSPS) is 9.89. The molecule has 0 saturated carbocycles. The van der Waals surface area contributed by atoms with Gasteiger partial charge in [-0.05, 0) is 66.3 Å². The van der Waals surface area contributed by atoms with E-state index in [-0.39, 0.29) is 5.88 Å². The predicted octanol–water partition coefficient (Wildman–Crippen LogP) is 3.36. The first-order valence-corrected chi connectivity index (χ1v) is 6.37. The third-order valence-corrected chi connectivity index (χ3v) is 3.28. The molecule has 0 aliphatic heterocycles.